The van der Waals surface area contributed by atoms with Gasteiger partial charge in [-0.2, -0.15) is 0 Å². The predicted molar refractivity (Wildman–Crippen MR) is 213 cm³/mol. The minimum Gasteiger partial charge on any atom is -0.376 e. The third-order valence-corrected chi connectivity index (χ3v) is 11.6. The van der Waals surface area contributed by atoms with Crippen LogP contribution in [-0.2, 0) is 5.41 Å². The van der Waals surface area contributed by atoms with Crippen LogP contribution in [0, 0.1) is 0 Å². The van der Waals surface area contributed by atoms with Crippen LogP contribution >= 0.6 is 0 Å². The normalized spacial score (nSPS) is 14.6. The third-order valence-electron chi connectivity index (χ3n) is 11.6. The maximum Gasteiger partial charge on any atom is 0.333 e. The molecule has 8 aromatic carbocycles. The van der Waals surface area contributed by atoms with Crippen molar-refractivity contribution >= 4 is 67.8 Å². The Morgan fingerprint density at radius 3 is 2.02 bits per heavy atom. The number of hydrogen-bond donors (Lipinski definition) is 0. The Kier molecular flexibility index (Phi) is 5.57. The van der Waals surface area contributed by atoms with Crippen molar-refractivity contribution in [1.82, 2.24) is 0 Å². The van der Waals surface area contributed by atoms with Gasteiger partial charge in [-0.15, -0.1) is 0 Å². The van der Waals surface area contributed by atoms with Gasteiger partial charge in [0.25, 0.3) is 0 Å². The molecule has 0 bridgehead atoms. The fourth-order valence-electron chi connectivity index (χ4n) is 9.34. The molecule has 0 unspecified atom stereocenters. The monoisotopic (exact) mass is 636 g/mol. The first-order valence-electron chi connectivity index (χ1n) is 17.6. The summed E-state index contributed by atoms with van der Waals surface area (Å²) in [7, 11) is 0. The van der Waals surface area contributed by atoms with Gasteiger partial charge in [0, 0.05) is 33.4 Å². The van der Waals surface area contributed by atoms with Gasteiger partial charge in [0.1, 0.15) is 0 Å². The Hall–Kier alpha value is -6.06. The van der Waals surface area contributed by atoms with Crippen molar-refractivity contribution < 1.29 is 0 Å². The molecule has 0 spiro atoms. The van der Waals surface area contributed by atoms with E-state index in [1.54, 1.807) is 0 Å². The smallest absolute Gasteiger partial charge is 0.333 e. The number of nitrogens with zero attached hydrogens (tertiary/aromatic N) is 2. The molecule has 3 heterocycles. The Morgan fingerprint density at radius 2 is 1.18 bits per heavy atom. The second-order valence-corrected chi connectivity index (χ2v) is 14.5. The van der Waals surface area contributed by atoms with Gasteiger partial charge >= 0.3 is 6.85 Å². The molecule has 3 heteroatoms. The Morgan fingerprint density at radius 1 is 0.500 bits per heavy atom. The van der Waals surface area contributed by atoms with Crippen LogP contribution in [0.15, 0.2) is 164 Å². The highest BCUT2D eigenvalue weighted by Gasteiger charge is 2.50. The van der Waals surface area contributed by atoms with Gasteiger partial charge < -0.3 is 9.71 Å². The van der Waals surface area contributed by atoms with Crippen LogP contribution in [0.2, 0.25) is 0 Å². The van der Waals surface area contributed by atoms with Gasteiger partial charge in [-0.1, -0.05) is 147 Å². The molecule has 0 aliphatic carbocycles. The number of para-hydroxylation sites is 2. The van der Waals surface area contributed by atoms with Crippen molar-refractivity contribution in [3.05, 3.63) is 175 Å². The lowest BCUT2D eigenvalue weighted by atomic mass is 9.42. The molecule has 0 radical (unpaired) electrons. The summed E-state index contributed by atoms with van der Waals surface area (Å²) in [5.41, 5.74) is 16.7. The lowest BCUT2D eigenvalue weighted by Gasteiger charge is -2.50. The van der Waals surface area contributed by atoms with Gasteiger partial charge in [0.2, 0.25) is 0 Å². The minimum absolute atomic E-state index is 0.0203. The standard InChI is InChI=1S/C47H33BN2/c1-47(2)38-19-10-11-22-41(38)49-45-36-18-9-7-16-33(36)29-37-43-35-17-8-6-15-32(35)25-28-42(43)50(48(44(37)45)40-21-12-20-39(47)46(40)49)34-26-23-31(24-27-34)30-13-4-3-5-14-30/h3-29H,1-2H3. The predicted octanol–water partition coefficient (Wildman–Crippen LogP) is 11.0. The van der Waals surface area contributed by atoms with E-state index in [9.17, 15) is 0 Å². The Bertz CT molecular complexity index is 2690. The molecule has 0 atom stereocenters. The van der Waals surface area contributed by atoms with E-state index in [-0.39, 0.29) is 12.3 Å². The molecule has 0 fully saturated rings. The molecule has 3 aliphatic heterocycles. The highest BCUT2D eigenvalue weighted by Crippen LogP contribution is 2.56. The van der Waals surface area contributed by atoms with E-state index in [1.165, 1.54) is 94.3 Å². The average Bonchev–Trinajstić information content (AvgIpc) is 3.17. The number of benzene rings is 8. The molecular formula is C47H33BN2. The second-order valence-electron chi connectivity index (χ2n) is 14.5. The van der Waals surface area contributed by atoms with Crippen LogP contribution in [0.25, 0.3) is 43.8 Å². The molecule has 234 valence electrons. The van der Waals surface area contributed by atoms with Crippen molar-refractivity contribution in [3.8, 4) is 22.3 Å². The molecule has 0 saturated carbocycles. The molecular weight excluding hydrogens is 603 g/mol. The summed E-state index contributed by atoms with van der Waals surface area (Å²) >= 11 is 0. The summed E-state index contributed by atoms with van der Waals surface area (Å²) in [5.74, 6) is 0. The molecule has 0 saturated heterocycles. The van der Waals surface area contributed by atoms with Crippen LogP contribution in [0.3, 0.4) is 0 Å². The van der Waals surface area contributed by atoms with Crippen LogP contribution in [-0.4, -0.2) is 6.85 Å². The lowest BCUT2D eigenvalue weighted by molar-refractivity contribution is 0.632. The van der Waals surface area contributed by atoms with E-state index in [4.69, 9.17) is 0 Å². The summed E-state index contributed by atoms with van der Waals surface area (Å²) in [6.45, 7) is 4.77. The van der Waals surface area contributed by atoms with E-state index in [2.05, 4.69) is 187 Å². The molecule has 0 aromatic heterocycles. The maximum absolute atomic E-state index is 2.64. The second kappa shape index (κ2) is 9.99. The van der Waals surface area contributed by atoms with Crippen LogP contribution < -0.4 is 20.6 Å². The Balaban J connectivity index is 1.29. The molecule has 0 N–H and O–H groups in total. The highest BCUT2D eigenvalue weighted by molar-refractivity contribution is 6.94. The number of rotatable bonds is 2. The largest absolute Gasteiger partial charge is 0.376 e. The molecule has 11 rings (SSSR count). The van der Waals surface area contributed by atoms with Gasteiger partial charge in [0.05, 0.1) is 11.4 Å². The zero-order valence-electron chi connectivity index (χ0n) is 28.1. The molecule has 50 heavy (non-hydrogen) atoms. The molecule has 8 aromatic rings. The van der Waals surface area contributed by atoms with Crippen molar-refractivity contribution in [2.24, 2.45) is 0 Å². The van der Waals surface area contributed by atoms with E-state index in [0.717, 1.165) is 0 Å². The zero-order valence-corrected chi connectivity index (χ0v) is 28.1. The number of anilines is 5. The number of fused-ring (bicyclic) bond motifs is 10. The quantitative estimate of drug-likeness (QED) is 0.174. The third kappa shape index (κ3) is 3.59. The van der Waals surface area contributed by atoms with Crippen LogP contribution in [0.5, 0.6) is 0 Å². The maximum atomic E-state index is 2.64. The van der Waals surface area contributed by atoms with Crippen LogP contribution in [0.1, 0.15) is 25.0 Å². The van der Waals surface area contributed by atoms with E-state index in [1.807, 2.05) is 0 Å². The van der Waals surface area contributed by atoms with Crippen molar-refractivity contribution in [2.45, 2.75) is 19.3 Å². The minimum atomic E-state index is -0.158. The fourth-order valence-corrected chi connectivity index (χ4v) is 9.34. The zero-order chi connectivity index (χ0) is 33.1. The van der Waals surface area contributed by atoms with Gasteiger partial charge in [-0.3, -0.25) is 0 Å². The van der Waals surface area contributed by atoms with Crippen molar-refractivity contribution in [2.75, 3.05) is 9.71 Å². The summed E-state index contributed by atoms with van der Waals surface area (Å²) < 4.78 is 0. The number of hydrogen-bond acceptors (Lipinski definition) is 2. The average molecular weight is 637 g/mol. The summed E-state index contributed by atoms with van der Waals surface area (Å²) in [6, 6.07) is 61.1. The fraction of sp³-hybridized carbons (Fsp3) is 0.0638. The highest BCUT2D eigenvalue weighted by atomic mass is 15.2. The topological polar surface area (TPSA) is 6.48 Å². The van der Waals surface area contributed by atoms with E-state index in [0.29, 0.717) is 0 Å². The molecule has 3 aliphatic rings. The van der Waals surface area contributed by atoms with Crippen molar-refractivity contribution in [1.29, 1.82) is 0 Å². The van der Waals surface area contributed by atoms with Gasteiger partial charge in [-0.05, 0) is 85.2 Å². The first-order valence-corrected chi connectivity index (χ1v) is 17.6. The van der Waals surface area contributed by atoms with E-state index >= 15 is 0 Å². The molecule has 2 nitrogen and oxygen atoms in total. The van der Waals surface area contributed by atoms with E-state index < -0.39 is 0 Å². The van der Waals surface area contributed by atoms with Gasteiger partial charge in [-0.25, -0.2) is 0 Å². The van der Waals surface area contributed by atoms with Crippen LogP contribution in [0.4, 0.5) is 28.4 Å². The SMILES string of the molecule is CC1(C)c2ccccc2N2c3c(cccc31)B1c3c(cc4ccccc4c32)-c2c(ccc3ccccc23)N1c1ccc(-c2ccccc2)cc1. The first-order chi connectivity index (χ1) is 24.6. The summed E-state index contributed by atoms with van der Waals surface area (Å²) in [5, 5.41) is 5.10. The van der Waals surface area contributed by atoms with Crippen molar-refractivity contribution in [3.63, 3.8) is 0 Å². The summed E-state index contributed by atoms with van der Waals surface area (Å²) in [6.07, 6.45) is 0. The molecule has 0 amide bonds. The first kappa shape index (κ1) is 27.9. The lowest BCUT2D eigenvalue weighted by Crippen LogP contribution is -2.62. The van der Waals surface area contributed by atoms with Gasteiger partial charge in [0.15, 0.2) is 0 Å². The Labute approximate surface area is 293 Å². The summed E-state index contributed by atoms with van der Waals surface area (Å²) in [4.78, 5) is 5.26.